The Morgan fingerprint density at radius 1 is 1.03 bits per heavy atom. The van der Waals surface area contributed by atoms with Crippen LogP contribution in [0.5, 0.6) is 0 Å². The summed E-state index contributed by atoms with van der Waals surface area (Å²) in [4.78, 5) is 17.3. The Morgan fingerprint density at radius 2 is 1.81 bits per heavy atom. The topological polar surface area (TPSA) is 65.3 Å². The lowest BCUT2D eigenvalue weighted by molar-refractivity contribution is 0.0853. The first-order chi connectivity index (χ1) is 15.2. The zero-order valence-corrected chi connectivity index (χ0v) is 17.6. The number of nitrogens with one attached hydrogen (secondary N) is 1. The number of fused-ring (bicyclic) bond motifs is 1. The number of amides is 1. The predicted octanol–water partition coefficient (Wildman–Crippen LogP) is 5.77. The van der Waals surface area contributed by atoms with E-state index in [2.05, 4.69) is 22.8 Å². The van der Waals surface area contributed by atoms with Crippen LogP contribution in [0.3, 0.4) is 0 Å². The number of ether oxygens (including phenoxy) is 1. The van der Waals surface area contributed by atoms with Gasteiger partial charge in [-0.3, -0.25) is 4.79 Å². The summed E-state index contributed by atoms with van der Waals surface area (Å²) in [6, 6.07) is 17.7. The fraction of sp³-hybridized carbons (Fsp3) is 0.200. The molecule has 1 N–H and O–H groups in total. The molecule has 0 aliphatic carbocycles. The van der Waals surface area contributed by atoms with Gasteiger partial charge in [0, 0.05) is 35.7 Å². The molecular formula is C25H21ClN3O2. The molecule has 2 aromatic carbocycles. The van der Waals surface area contributed by atoms with Crippen molar-refractivity contribution in [3.63, 3.8) is 0 Å². The fourth-order valence-corrected chi connectivity index (χ4v) is 4.31. The largest absolute Gasteiger partial charge is 0.381 e. The van der Waals surface area contributed by atoms with E-state index in [0.29, 0.717) is 28.0 Å². The smallest absolute Gasteiger partial charge is 0.281 e. The lowest BCUT2D eigenvalue weighted by Gasteiger charge is -2.22. The molecule has 2 aliphatic heterocycles. The number of hydrogen-bond acceptors (Lipinski definition) is 4. The maximum atomic E-state index is 12.5. The van der Waals surface area contributed by atoms with Crippen molar-refractivity contribution in [3.8, 4) is 11.3 Å². The second kappa shape index (κ2) is 8.53. The number of aromatic nitrogens is 1. The number of hydrogen-bond donors (Lipinski definition) is 1. The highest BCUT2D eigenvalue weighted by atomic mass is 35.5. The number of anilines is 2. The predicted molar refractivity (Wildman–Crippen MR) is 123 cm³/mol. The minimum atomic E-state index is -0.308. The van der Waals surface area contributed by atoms with Crippen LogP contribution in [0.15, 0.2) is 60.8 Å². The molecule has 3 heterocycles. The molecule has 0 unspecified atom stereocenters. The second-order valence-corrected chi connectivity index (χ2v) is 8.09. The van der Waals surface area contributed by atoms with Gasteiger partial charge in [-0.25, -0.2) is 10.3 Å². The van der Waals surface area contributed by atoms with Crippen LogP contribution in [-0.4, -0.2) is 24.1 Å². The molecule has 0 atom stereocenters. The van der Waals surface area contributed by atoms with Gasteiger partial charge in [0.2, 0.25) is 0 Å². The number of nitrogens with zero attached hydrogens (tertiary/aromatic N) is 2. The van der Waals surface area contributed by atoms with Crippen LogP contribution in [0.1, 0.15) is 40.2 Å². The summed E-state index contributed by atoms with van der Waals surface area (Å²) in [5, 5.41) is 7.87. The van der Waals surface area contributed by atoms with Gasteiger partial charge in [-0.1, -0.05) is 41.9 Å². The summed E-state index contributed by atoms with van der Waals surface area (Å²) in [7, 11) is 0. The summed E-state index contributed by atoms with van der Waals surface area (Å²) in [6.07, 6.45) is 5.43. The van der Waals surface area contributed by atoms with E-state index in [9.17, 15) is 4.79 Å². The normalized spacial score (nSPS) is 16.0. The maximum absolute atomic E-state index is 12.5. The van der Waals surface area contributed by atoms with Crippen molar-refractivity contribution in [2.45, 2.75) is 18.8 Å². The van der Waals surface area contributed by atoms with E-state index in [-0.39, 0.29) is 5.91 Å². The molecule has 5 nitrogen and oxygen atoms in total. The Labute approximate surface area is 186 Å². The van der Waals surface area contributed by atoms with Gasteiger partial charge < -0.3 is 10.1 Å². The van der Waals surface area contributed by atoms with Gasteiger partial charge in [0.15, 0.2) is 0 Å². The number of rotatable bonds is 4. The first-order valence-electron chi connectivity index (χ1n) is 10.4. The van der Waals surface area contributed by atoms with Crippen LogP contribution in [0, 0.1) is 0 Å². The number of carbonyl (C=O) groups excluding carboxylic acids is 1. The maximum Gasteiger partial charge on any atom is 0.281 e. The zero-order valence-electron chi connectivity index (χ0n) is 16.8. The molecule has 3 aromatic rings. The molecule has 5 rings (SSSR count). The number of pyridine rings is 1. The van der Waals surface area contributed by atoms with E-state index >= 15 is 0 Å². The second-order valence-electron chi connectivity index (χ2n) is 7.68. The first-order valence-corrected chi connectivity index (χ1v) is 10.7. The number of benzene rings is 2. The number of carbonyl (C=O) groups is 1. The molecule has 0 saturated carbocycles. The van der Waals surface area contributed by atoms with Crippen LogP contribution >= 0.6 is 11.6 Å². The highest BCUT2D eigenvalue weighted by Gasteiger charge is 2.23. The van der Waals surface area contributed by atoms with Crippen LogP contribution in [0.25, 0.3) is 17.3 Å². The third-order valence-electron chi connectivity index (χ3n) is 5.73. The SMILES string of the molecule is O=C1[N]C=Cc2cc(-c3ccccc3Cl)nc(Nc3ccc(C4CCOCC4)cc3)c21. The Hall–Kier alpha value is -3.15. The molecule has 155 valence electrons. The van der Waals surface area contributed by atoms with Gasteiger partial charge in [0.1, 0.15) is 5.82 Å². The van der Waals surface area contributed by atoms with E-state index in [1.807, 2.05) is 48.5 Å². The molecular weight excluding hydrogens is 410 g/mol. The Morgan fingerprint density at radius 3 is 2.58 bits per heavy atom. The average Bonchev–Trinajstić information content (AvgIpc) is 2.80. The highest BCUT2D eigenvalue weighted by Crippen LogP contribution is 2.34. The summed E-state index contributed by atoms with van der Waals surface area (Å²) in [6.45, 7) is 1.63. The zero-order chi connectivity index (χ0) is 21.2. The van der Waals surface area contributed by atoms with Gasteiger partial charge in [-0.15, -0.1) is 0 Å². The Balaban J connectivity index is 1.50. The van der Waals surface area contributed by atoms with Crippen molar-refractivity contribution in [3.05, 3.63) is 82.5 Å². The molecule has 1 radical (unpaired) electrons. The number of halogens is 1. The molecule has 1 aromatic heterocycles. The molecule has 0 spiro atoms. The Kier molecular flexibility index (Phi) is 5.45. The molecule has 31 heavy (non-hydrogen) atoms. The molecule has 1 amide bonds. The van der Waals surface area contributed by atoms with Gasteiger partial charge in [-0.05, 0) is 60.2 Å². The van der Waals surface area contributed by atoms with Crippen molar-refractivity contribution in [2.24, 2.45) is 0 Å². The van der Waals surface area contributed by atoms with Gasteiger partial charge in [0.25, 0.3) is 5.91 Å². The van der Waals surface area contributed by atoms with Crippen LogP contribution in [-0.2, 0) is 4.74 Å². The lowest BCUT2D eigenvalue weighted by atomic mass is 9.92. The van der Waals surface area contributed by atoms with Crippen LogP contribution in [0.4, 0.5) is 11.5 Å². The van der Waals surface area contributed by atoms with E-state index in [1.54, 1.807) is 0 Å². The fourth-order valence-electron chi connectivity index (χ4n) is 4.07. The first kappa shape index (κ1) is 19.8. The summed E-state index contributed by atoms with van der Waals surface area (Å²) in [5.74, 6) is 0.698. The summed E-state index contributed by atoms with van der Waals surface area (Å²) < 4.78 is 5.47. The van der Waals surface area contributed by atoms with Crippen molar-refractivity contribution >= 4 is 35.1 Å². The van der Waals surface area contributed by atoms with Gasteiger partial charge >= 0.3 is 0 Å². The minimum absolute atomic E-state index is 0.308. The van der Waals surface area contributed by atoms with E-state index in [4.69, 9.17) is 21.3 Å². The van der Waals surface area contributed by atoms with Crippen molar-refractivity contribution < 1.29 is 9.53 Å². The molecule has 0 bridgehead atoms. The summed E-state index contributed by atoms with van der Waals surface area (Å²) in [5.41, 5.74) is 4.92. The molecule has 6 heteroatoms. The highest BCUT2D eigenvalue weighted by molar-refractivity contribution is 6.33. The summed E-state index contributed by atoms with van der Waals surface area (Å²) >= 11 is 6.40. The molecule has 1 fully saturated rings. The monoisotopic (exact) mass is 430 g/mol. The van der Waals surface area contributed by atoms with Crippen LogP contribution in [0.2, 0.25) is 5.02 Å². The third-order valence-corrected chi connectivity index (χ3v) is 6.06. The van der Waals surface area contributed by atoms with Gasteiger partial charge in [-0.2, -0.15) is 0 Å². The lowest BCUT2D eigenvalue weighted by Crippen LogP contribution is -2.18. The van der Waals surface area contributed by atoms with Crippen molar-refractivity contribution in [1.82, 2.24) is 10.3 Å². The van der Waals surface area contributed by atoms with E-state index in [0.717, 1.165) is 42.9 Å². The standard InChI is InChI=1S/C25H21ClN3O2/c26-21-4-2-1-3-20(21)22-15-18-9-12-27-25(30)23(18)24(29-22)28-19-7-5-16(6-8-19)17-10-13-31-14-11-17/h1-9,12,15,17H,10-11,13-14H2,(H,28,29). The van der Waals surface area contributed by atoms with E-state index in [1.165, 1.54) is 11.8 Å². The molecule has 1 saturated heterocycles. The average molecular weight is 431 g/mol. The van der Waals surface area contributed by atoms with Crippen LogP contribution < -0.4 is 10.6 Å². The molecule has 2 aliphatic rings. The van der Waals surface area contributed by atoms with E-state index < -0.39 is 0 Å². The van der Waals surface area contributed by atoms with Crippen molar-refractivity contribution in [1.29, 1.82) is 0 Å². The van der Waals surface area contributed by atoms with Gasteiger partial charge in [0.05, 0.1) is 11.3 Å². The Bertz CT molecular complexity index is 1150. The van der Waals surface area contributed by atoms with Crippen molar-refractivity contribution in [2.75, 3.05) is 18.5 Å². The minimum Gasteiger partial charge on any atom is -0.381 e. The quantitative estimate of drug-likeness (QED) is 0.570. The third kappa shape index (κ3) is 4.07.